The lowest BCUT2D eigenvalue weighted by Crippen LogP contribution is -2.50. The van der Waals surface area contributed by atoms with Crippen LogP contribution in [0.25, 0.3) is 0 Å². The highest BCUT2D eigenvalue weighted by Crippen LogP contribution is 2.21. The lowest BCUT2D eigenvalue weighted by molar-refractivity contribution is -0.117. The van der Waals surface area contributed by atoms with Gasteiger partial charge in [-0.3, -0.25) is 14.7 Å². The number of amides is 1. The van der Waals surface area contributed by atoms with E-state index in [0.29, 0.717) is 25.0 Å². The Hall–Kier alpha value is -2.08. The summed E-state index contributed by atoms with van der Waals surface area (Å²) in [4.78, 5) is 20.7. The molecule has 2 heterocycles. The maximum atomic E-state index is 11.9. The van der Waals surface area contributed by atoms with Gasteiger partial charge in [0, 0.05) is 50.9 Å². The van der Waals surface area contributed by atoms with Crippen LogP contribution in [0.2, 0.25) is 0 Å². The number of benzene rings is 1. The molecule has 0 bridgehead atoms. The van der Waals surface area contributed by atoms with E-state index in [1.54, 1.807) is 0 Å². The average molecular weight is 386 g/mol. The summed E-state index contributed by atoms with van der Waals surface area (Å²) in [6.07, 6.45) is 5.58. The predicted octanol–water partition coefficient (Wildman–Crippen LogP) is 2.74. The van der Waals surface area contributed by atoms with Gasteiger partial charge in [-0.2, -0.15) is 0 Å². The van der Waals surface area contributed by atoms with Crippen LogP contribution in [0, 0.1) is 0 Å². The number of anilines is 1. The van der Waals surface area contributed by atoms with E-state index in [2.05, 4.69) is 46.5 Å². The highest BCUT2D eigenvalue weighted by Gasteiger charge is 2.23. The molecule has 6 heteroatoms. The molecule has 2 fully saturated rings. The van der Waals surface area contributed by atoms with Crippen molar-refractivity contribution >= 4 is 17.6 Å². The van der Waals surface area contributed by atoms with E-state index >= 15 is 0 Å². The molecule has 28 heavy (non-hydrogen) atoms. The van der Waals surface area contributed by atoms with Crippen LogP contribution in [0.15, 0.2) is 29.3 Å². The van der Waals surface area contributed by atoms with E-state index in [0.717, 1.165) is 31.2 Å². The summed E-state index contributed by atoms with van der Waals surface area (Å²) in [5.41, 5.74) is 2.18. The van der Waals surface area contributed by atoms with Crippen molar-refractivity contribution in [2.45, 2.75) is 64.6 Å². The summed E-state index contributed by atoms with van der Waals surface area (Å²) in [7, 11) is 1.81. The second-order valence-electron chi connectivity index (χ2n) is 8.05. The van der Waals surface area contributed by atoms with Crippen molar-refractivity contribution in [1.82, 2.24) is 15.5 Å². The largest absolute Gasteiger partial charge is 0.355 e. The fourth-order valence-corrected chi connectivity index (χ4v) is 4.26. The first-order valence-corrected chi connectivity index (χ1v) is 10.7. The molecule has 154 valence electrons. The zero-order valence-electron chi connectivity index (χ0n) is 17.6. The van der Waals surface area contributed by atoms with Gasteiger partial charge < -0.3 is 15.5 Å². The molecule has 0 aliphatic carbocycles. The van der Waals surface area contributed by atoms with Crippen molar-refractivity contribution < 1.29 is 4.79 Å². The minimum Gasteiger partial charge on any atom is -0.355 e. The monoisotopic (exact) mass is 385 g/mol. The Labute approximate surface area is 169 Å². The molecule has 2 atom stereocenters. The van der Waals surface area contributed by atoms with Gasteiger partial charge in [0.15, 0.2) is 5.96 Å². The zero-order chi connectivity index (χ0) is 19.9. The van der Waals surface area contributed by atoms with Crippen molar-refractivity contribution in [2.75, 3.05) is 31.6 Å². The second kappa shape index (κ2) is 9.92. The van der Waals surface area contributed by atoms with Crippen LogP contribution in [-0.2, 0) is 11.3 Å². The fraction of sp³-hybridized carbons (Fsp3) is 0.636. The highest BCUT2D eigenvalue weighted by molar-refractivity contribution is 5.95. The quantitative estimate of drug-likeness (QED) is 0.584. The third kappa shape index (κ3) is 5.25. The molecule has 6 nitrogen and oxygen atoms in total. The van der Waals surface area contributed by atoms with Gasteiger partial charge in [0.25, 0.3) is 0 Å². The van der Waals surface area contributed by atoms with Crippen LogP contribution in [0.4, 0.5) is 5.69 Å². The van der Waals surface area contributed by atoms with Crippen LogP contribution in [0.1, 0.15) is 51.5 Å². The number of hydrogen-bond acceptors (Lipinski definition) is 3. The smallest absolute Gasteiger partial charge is 0.227 e. The summed E-state index contributed by atoms with van der Waals surface area (Å²) in [5, 5.41) is 6.86. The molecule has 0 aromatic heterocycles. The molecule has 0 radical (unpaired) electrons. The van der Waals surface area contributed by atoms with E-state index in [1.807, 2.05) is 24.1 Å². The molecule has 2 unspecified atom stereocenters. The minimum absolute atomic E-state index is 0.229. The Morgan fingerprint density at radius 3 is 2.61 bits per heavy atom. The second-order valence-corrected chi connectivity index (χ2v) is 8.05. The van der Waals surface area contributed by atoms with Crippen LogP contribution in [-0.4, -0.2) is 55.5 Å². The maximum Gasteiger partial charge on any atom is 0.227 e. The first-order chi connectivity index (χ1) is 13.6. The summed E-state index contributed by atoms with van der Waals surface area (Å²) in [6, 6.07) is 9.40. The first-order valence-electron chi connectivity index (χ1n) is 10.7. The number of carbonyl (C=O) groups is 1. The summed E-state index contributed by atoms with van der Waals surface area (Å²) in [6.45, 7) is 8.26. The van der Waals surface area contributed by atoms with Crippen LogP contribution in [0.3, 0.4) is 0 Å². The van der Waals surface area contributed by atoms with Crippen molar-refractivity contribution in [2.24, 2.45) is 4.99 Å². The summed E-state index contributed by atoms with van der Waals surface area (Å²) in [5.74, 6) is 1.06. The van der Waals surface area contributed by atoms with Crippen molar-refractivity contribution in [3.63, 3.8) is 0 Å². The number of nitrogens with zero attached hydrogens (tertiary/aromatic N) is 3. The number of hydrogen-bond donors (Lipinski definition) is 2. The molecule has 2 aliphatic heterocycles. The number of guanidine groups is 1. The molecule has 2 saturated heterocycles. The fourth-order valence-electron chi connectivity index (χ4n) is 4.26. The van der Waals surface area contributed by atoms with E-state index in [-0.39, 0.29) is 5.91 Å². The standard InChI is InChI=1S/C22H35N5O/c1-17-7-4-5-13-26(17)18(2)15-24-22(23-3)25-16-19-9-11-20(12-10-19)27-14-6-8-21(27)28/h9-12,17-18H,4-8,13-16H2,1-3H3,(H2,23,24,25). The van der Waals surface area contributed by atoms with Gasteiger partial charge in [-0.1, -0.05) is 18.6 Å². The predicted molar refractivity (Wildman–Crippen MR) is 116 cm³/mol. The number of aliphatic imine (C=N–C) groups is 1. The van der Waals surface area contributed by atoms with Gasteiger partial charge in [-0.15, -0.1) is 0 Å². The Morgan fingerprint density at radius 1 is 1.18 bits per heavy atom. The summed E-state index contributed by atoms with van der Waals surface area (Å²) < 4.78 is 0. The normalized spacial score (nSPS) is 22.4. The Bertz CT molecular complexity index is 672. The number of carbonyl (C=O) groups excluding carboxylic acids is 1. The van der Waals surface area contributed by atoms with E-state index in [9.17, 15) is 4.79 Å². The van der Waals surface area contributed by atoms with Crippen molar-refractivity contribution in [3.05, 3.63) is 29.8 Å². The molecular weight excluding hydrogens is 350 g/mol. The number of rotatable bonds is 6. The lowest BCUT2D eigenvalue weighted by Gasteiger charge is -2.38. The van der Waals surface area contributed by atoms with E-state index in [4.69, 9.17) is 0 Å². The van der Waals surface area contributed by atoms with Gasteiger partial charge in [-0.25, -0.2) is 0 Å². The van der Waals surface area contributed by atoms with Crippen LogP contribution in [0.5, 0.6) is 0 Å². The summed E-state index contributed by atoms with van der Waals surface area (Å²) >= 11 is 0. The third-order valence-electron chi connectivity index (χ3n) is 5.99. The van der Waals surface area contributed by atoms with E-state index in [1.165, 1.54) is 31.4 Å². The Balaban J connectivity index is 1.45. The number of piperidine rings is 1. The number of nitrogens with one attached hydrogen (secondary N) is 2. The molecule has 1 amide bonds. The molecule has 0 spiro atoms. The first kappa shape index (κ1) is 20.6. The molecule has 2 aliphatic rings. The molecule has 0 saturated carbocycles. The SMILES string of the molecule is CN=C(NCc1ccc(N2CCCC2=O)cc1)NCC(C)N1CCCCC1C. The average Bonchev–Trinajstić information content (AvgIpc) is 3.14. The van der Waals surface area contributed by atoms with Crippen LogP contribution >= 0.6 is 0 Å². The van der Waals surface area contributed by atoms with Gasteiger partial charge >= 0.3 is 0 Å². The molecule has 1 aromatic rings. The van der Waals surface area contributed by atoms with Gasteiger partial charge in [-0.05, 0) is 57.4 Å². The molecular formula is C22H35N5O. The topological polar surface area (TPSA) is 60.0 Å². The molecule has 2 N–H and O–H groups in total. The third-order valence-corrected chi connectivity index (χ3v) is 5.99. The van der Waals surface area contributed by atoms with Crippen molar-refractivity contribution in [3.8, 4) is 0 Å². The Morgan fingerprint density at radius 2 is 1.96 bits per heavy atom. The van der Waals surface area contributed by atoms with Crippen LogP contribution < -0.4 is 15.5 Å². The molecule has 3 rings (SSSR count). The molecule has 1 aromatic carbocycles. The van der Waals surface area contributed by atoms with Gasteiger partial charge in [0.2, 0.25) is 5.91 Å². The van der Waals surface area contributed by atoms with Gasteiger partial charge in [0.1, 0.15) is 0 Å². The maximum absolute atomic E-state index is 11.9. The minimum atomic E-state index is 0.229. The lowest BCUT2D eigenvalue weighted by atomic mass is 10.0. The van der Waals surface area contributed by atoms with Gasteiger partial charge in [0.05, 0.1) is 0 Å². The van der Waals surface area contributed by atoms with Crippen molar-refractivity contribution in [1.29, 1.82) is 0 Å². The Kier molecular flexibility index (Phi) is 7.31. The highest BCUT2D eigenvalue weighted by atomic mass is 16.2. The zero-order valence-corrected chi connectivity index (χ0v) is 17.6. The van der Waals surface area contributed by atoms with E-state index < -0.39 is 0 Å². The number of likely N-dealkylation sites (tertiary alicyclic amines) is 1.